The first-order valence-electron chi connectivity index (χ1n) is 6.50. The monoisotopic (exact) mass is 347 g/mol. The molecule has 0 amide bonds. The first-order valence-corrected chi connectivity index (χ1v) is 7.26. The number of hydrogen-bond donors (Lipinski definition) is 0. The molecule has 0 saturated carbocycles. The number of rotatable bonds is 5. The summed E-state index contributed by atoms with van der Waals surface area (Å²) >= 11 is 12.0. The van der Waals surface area contributed by atoms with Crippen LogP contribution in [-0.4, -0.2) is 12.6 Å². The van der Waals surface area contributed by atoms with E-state index in [1.807, 2.05) is 0 Å². The van der Waals surface area contributed by atoms with Gasteiger partial charge >= 0.3 is 5.97 Å². The molecule has 0 aliphatic rings. The molecule has 0 bridgehead atoms. The molecule has 0 atom stereocenters. The molecule has 116 valence electrons. The van der Waals surface area contributed by atoms with Crippen LogP contribution in [0.4, 0.5) is 0 Å². The summed E-state index contributed by atoms with van der Waals surface area (Å²) in [6, 6.07) is 10.1. The van der Waals surface area contributed by atoms with Crippen LogP contribution in [0.2, 0.25) is 10.0 Å². The van der Waals surface area contributed by atoms with Crippen molar-refractivity contribution < 1.29 is 13.9 Å². The van der Waals surface area contributed by atoms with Gasteiger partial charge in [-0.1, -0.05) is 35.9 Å². The Balaban J connectivity index is 2.27. The Morgan fingerprint density at radius 2 is 2.13 bits per heavy atom. The summed E-state index contributed by atoms with van der Waals surface area (Å²) in [7, 11) is 0. The maximum Gasteiger partial charge on any atom is 0.349 e. The normalized spacial score (nSPS) is 10.9. The molecule has 1 heterocycles. The Kier molecular flexibility index (Phi) is 5.64. The van der Waals surface area contributed by atoms with Gasteiger partial charge in [0.15, 0.2) is 0 Å². The van der Waals surface area contributed by atoms with Crippen LogP contribution in [0.5, 0.6) is 0 Å². The zero-order valence-corrected chi connectivity index (χ0v) is 13.4. The summed E-state index contributed by atoms with van der Waals surface area (Å²) in [5.41, 5.74) is 0.485. The summed E-state index contributed by atoms with van der Waals surface area (Å²) in [4.78, 5) is 11.7. The minimum Gasteiger partial charge on any atom is -0.457 e. The van der Waals surface area contributed by atoms with Crippen LogP contribution in [0.1, 0.15) is 5.76 Å². The van der Waals surface area contributed by atoms with Crippen LogP contribution in [-0.2, 0) is 9.53 Å². The second-order valence-electron chi connectivity index (χ2n) is 4.38. The van der Waals surface area contributed by atoms with Crippen molar-refractivity contribution in [2.45, 2.75) is 0 Å². The largest absolute Gasteiger partial charge is 0.457 e. The average Bonchev–Trinajstić information content (AvgIpc) is 2.98. The Morgan fingerprint density at radius 1 is 1.35 bits per heavy atom. The number of ether oxygens (including phenoxy) is 1. The van der Waals surface area contributed by atoms with Crippen molar-refractivity contribution >= 4 is 35.2 Å². The molecule has 1 aromatic heterocycles. The van der Waals surface area contributed by atoms with E-state index in [0.717, 1.165) is 0 Å². The predicted octanol–water partition coefficient (Wildman–Crippen LogP) is 4.89. The maximum absolute atomic E-state index is 11.7. The summed E-state index contributed by atoms with van der Waals surface area (Å²) < 4.78 is 10.4. The van der Waals surface area contributed by atoms with Gasteiger partial charge in [-0.05, 0) is 30.3 Å². The molecule has 0 N–H and O–H groups in total. The fourth-order valence-corrected chi connectivity index (χ4v) is 2.26. The number of carbonyl (C=O) groups is 1. The standard InChI is InChI=1S/C17H11Cl2NO3/c1-2-7-22-17(21)11(10-20)8-13-4-6-16(23-13)14-5-3-12(18)9-15(14)19/h2-6,8-9H,1,7H2/b11-8+. The van der Waals surface area contributed by atoms with E-state index in [1.165, 1.54) is 12.2 Å². The van der Waals surface area contributed by atoms with Crippen molar-refractivity contribution in [1.82, 2.24) is 0 Å². The smallest absolute Gasteiger partial charge is 0.349 e. The second kappa shape index (κ2) is 7.68. The van der Waals surface area contributed by atoms with Gasteiger partial charge in [-0.3, -0.25) is 0 Å². The summed E-state index contributed by atoms with van der Waals surface area (Å²) in [5.74, 6) is 0.0858. The van der Waals surface area contributed by atoms with Crippen molar-refractivity contribution in [2.75, 3.05) is 6.61 Å². The van der Waals surface area contributed by atoms with Crippen LogP contribution in [0, 0.1) is 11.3 Å². The van der Waals surface area contributed by atoms with Crippen LogP contribution in [0.3, 0.4) is 0 Å². The minimum atomic E-state index is -0.741. The highest BCUT2D eigenvalue weighted by Crippen LogP contribution is 2.31. The Bertz CT molecular complexity index is 815. The molecule has 0 aliphatic carbocycles. The maximum atomic E-state index is 11.7. The predicted molar refractivity (Wildman–Crippen MR) is 88.9 cm³/mol. The lowest BCUT2D eigenvalue weighted by Gasteiger charge is -2.01. The van der Waals surface area contributed by atoms with Gasteiger partial charge in [-0.25, -0.2) is 4.79 Å². The highest BCUT2D eigenvalue weighted by Gasteiger charge is 2.13. The summed E-state index contributed by atoms with van der Waals surface area (Å²) in [6.07, 6.45) is 2.72. The average molecular weight is 348 g/mol. The molecule has 6 heteroatoms. The zero-order valence-electron chi connectivity index (χ0n) is 11.9. The van der Waals surface area contributed by atoms with Crippen molar-refractivity contribution in [3.8, 4) is 17.4 Å². The van der Waals surface area contributed by atoms with Gasteiger partial charge in [0.2, 0.25) is 0 Å². The number of furan rings is 1. The third-order valence-corrected chi connectivity index (χ3v) is 3.33. The highest BCUT2D eigenvalue weighted by atomic mass is 35.5. The van der Waals surface area contributed by atoms with Crippen molar-refractivity contribution in [3.63, 3.8) is 0 Å². The third-order valence-electron chi connectivity index (χ3n) is 2.78. The molecule has 23 heavy (non-hydrogen) atoms. The number of benzene rings is 1. The second-order valence-corrected chi connectivity index (χ2v) is 5.23. The highest BCUT2D eigenvalue weighted by molar-refractivity contribution is 6.36. The number of carbonyl (C=O) groups excluding carboxylic acids is 1. The molecular formula is C17H11Cl2NO3. The molecular weight excluding hydrogens is 337 g/mol. The molecule has 0 radical (unpaired) electrons. The Hall–Kier alpha value is -2.48. The molecule has 0 aliphatic heterocycles. The Labute approximate surface area is 143 Å². The van der Waals surface area contributed by atoms with Crippen molar-refractivity contribution in [1.29, 1.82) is 5.26 Å². The van der Waals surface area contributed by atoms with Crippen LogP contribution >= 0.6 is 23.2 Å². The quantitative estimate of drug-likeness (QED) is 0.334. The van der Waals surface area contributed by atoms with E-state index in [1.54, 1.807) is 36.4 Å². The Morgan fingerprint density at radius 3 is 2.78 bits per heavy atom. The molecule has 4 nitrogen and oxygen atoms in total. The first kappa shape index (κ1) is 16.9. The molecule has 0 spiro atoms. The third kappa shape index (κ3) is 4.26. The number of nitriles is 1. The van der Waals surface area contributed by atoms with Crippen molar-refractivity contribution in [2.24, 2.45) is 0 Å². The van der Waals surface area contributed by atoms with Gasteiger partial charge in [0.25, 0.3) is 0 Å². The topological polar surface area (TPSA) is 63.2 Å². The van der Waals surface area contributed by atoms with Gasteiger partial charge in [0, 0.05) is 16.7 Å². The molecule has 2 aromatic rings. The SMILES string of the molecule is C=CCOC(=O)/C(C#N)=C/c1ccc(-c2ccc(Cl)cc2Cl)o1. The minimum absolute atomic E-state index is 0.0294. The lowest BCUT2D eigenvalue weighted by molar-refractivity contribution is -0.137. The van der Waals surface area contributed by atoms with E-state index in [4.69, 9.17) is 37.6 Å². The van der Waals surface area contributed by atoms with Gasteiger partial charge < -0.3 is 9.15 Å². The van der Waals surface area contributed by atoms with Gasteiger partial charge in [0.1, 0.15) is 29.8 Å². The molecule has 1 aromatic carbocycles. The van der Waals surface area contributed by atoms with E-state index in [-0.39, 0.29) is 12.2 Å². The molecule has 0 fully saturated rings. The zero-order chi connectivity index (χ0) is 16.8. The summed E-state index contributed by atoms with van der Waals surface area (Å²) in [5, 5.41) is 9.99. The van der Waals surface area contributed by atoms with E-state index >= 15 is 0 Å². The van der Waals surface area contributed by atoms with E-state index in [2.05, 4.69) is 6.58 Å². The lowest BCUT2D eigenvalue weighted by Crippen LogP contribution is -2.06. The molecule has 2 rings (SSSR count). The number of nitrogens with zero attached hydrogens (tertiary/aromatic N) is 1. The van der Waals surface area contributed by atoms with E-state index < -0.39 is 5.97 Å². The lowest BCUT2D eigenvalue weighted by atomic mass is 10.2. The van der Waals surface area contributed by atoms with Crippen LogP contribution in [0.15, 0.2) is 53.0 Å². The fraction of sp³-hybridized carbons (Fsp3) is 0.0588. The van der Waals surface area contributed by atoms with E-state index in [0.29, 0.717) is 27.1 Å². The fourth-order valence-electron chi connectivity index (χ4n) is 1.76. The molecule has 0 unspecified atom stereocenters. The van der Waals surface area contributed by atoms with Gasteiger partial charge in [-0.15, -0.1) is 0 Å². The van der Waals surface area contributed by atoms with Crippen LogP contribution in [0.25, 0.3) is 17.4 Å². The number of esters is 1. The number of hydrogen-bond acceptors (Lipinski definition) is 4. The first-order chi connectivity index (χ1) is 11.0. The van der Waals surface area contributed by atoms with Gasteiger partial charge in [-0.2, -0.15) is 5.26 Å². The van der Waals surface area contributed by atoms with E-state index in [9.17, 15) is 4.79 Å². The summed E-state index contributed by atoms with van der Waals surface area (Å²) in [6.45, 7) is 3.46. The molecule has 0 saturated heterocycles. The number of halogens is 2. The van der Waals surface area contributed by atoms with Crippen LogP contribution < -0.4 is 0 Å². The van der Waals surface area contributed by atoms with Crippen molar-refractivity contribution in [3.05, 3.63) is 64.4 Å². The van der Waals surface area contributed by atoms with Gasteiger partial charge in [0.05, 0.1) is 5.02 Å².